The molecule has 0 atom stereocenters. The van der Waals surface area contributed by atoms with Gasteiger partial charge in [0.2, 0.25) is 0 Å². The van der Waals surface area contributed by atoms with Gasteiger partial charge in [0.05, 0.1) is 0 Å². The summed E-state index contributed by atoms with van der Waals surface area (Å²) in [6.07, 6.45) is 4.84. The minimum atomic E-state index is -0.470. The first-order valence-electron chi connectivity index (χ1n) is 3.98. The Morgan fingerprint density at radius 2 is 2.36 bits per heavy atom. The van der Waals surface area contributed by atoms with E-state index in [0.717, 1.165) is 0 Å². The zero-order valence-corrected chi connectivity index (χ0v) is 7.64. The fraction of sp³-hybridized carbons (Fsp3) is 0.100. The lowest BCUT2D eigenvalue weighted by Gasteiger charge is -2.04. The largest absolute Gasteiger partial charge is 0.426 e. The molecule has 4 nitrogen and oxygen atoms in total. The number of hydrogen-bond donors (Lipinski definition) is 0. The lowest BCUT2D eigenvalue weighted by Crippen LogP contribution is -1.99. The summed E-state index contributed by atoms with van der Waals surface area (Å²) in [5, 5.41) is 0. The number of aldehydes is 1. The van der Waals surface area contributed by atoms with E-state index in [-0.39, 0.29) is 5.76 Å². The van der Waals surface area contributed by atoms with E-state index in [1.807, 2.05) is 0 Å². The number of nitrogens with zero attached hydrogens (tertiary/aromatic N) is 1. The van der Waals surface area contributed by atoms with Gasteiger partial charge < -0.3 is 4.74 Å². The third kappa shape index (κ3) is 2.82. The molecule has 0 unspecified atom stereocenters. The zero-order chi connectivity index (χ0) is 10.4. The SMILES string of the molecule is CC(=O)OC(=CC=O)c1cccnc1. The van der Waals surface area contributed by atoms with Crippen LogP contribution in [0.5, 0.6) is 0 Å². The van der Waals surface area contributed by atoms with E-state index in [1.54, 1.807) is 18.3 Å². The standard InChI is InChI=1S/C10H9NO3/c1-8(13)14-10(4-6-12)9-3-2-5-11-7-9/h2-7H,1H3. The zero-order valence-electron chi connectivity index (χ0n) is 7.64. The summed E-state index contributed by atoms with van der Waals surface area (Å²) < 4.78 is 4.83. The maximum absolute atomic E-state index is 10.7. The number of esters is 1. The maximum Gasteiger partial charge on any atom is 0.308 e. The van der Waals surface area contributed by atoms with Gasteiger partial charge in [-0.1, -0.05) is 0 Å². The first-order valence-corrected chi connectivity index (χ1v) is 3.98. The highest BCUT2D eigenvalue weighted by atomic mass is 16.5. The summed E-state index contributed by atoms with van der Waals surface area (Å²) in [4.78, 5) is 24.8. The highest BCUT2D eigenvalue weighted by Gasteiger charge is 2.04. The van der Waals surface area contributed by atoms with E-state index in [0.29, 0.717) is 11.8 Å². The van der Waals surface area contributed by atoms with E-state index in [9.17, 15) is 9.59 Å². The molecule has 1 heterocycles. The van der Waals surface area contributed by atoms with Crippen molar-refractivity contribution in [2.75, 3.05) is 0 Å². The van der Waals surface area contributed by atoms with Crippen LogP contribution < -0.4 is 0 Å². The number of allylic oxidation sites excluding steroid dienone is 1. The Morgan fingerprint density at radius 1 is 1.57 bits per heavy atom. The van der Waals surface area contributed by atoms with Crippen molar-refractivity contribution in [3.63, 3.8) is 0 Å². The van der Waals surface area contributed by atoms with Crippen LogP contribution in [0.2, 0.25) is 0 Å². The highest BCUT2D eigenvalue weighted by molar-refractivity contribution is 5.83. The Morgan fingerprint density at radius 3 is 2.86 bits per heavy atom. The molecule has 0 bridgehead atoms. The Balaban J connectivity index is 2.95. The summed E-state index contributed by atoms with van der Waals surface area (Å²) in [5.41, 5.74) is 0.592. The molecule has 0 amide bonds. The molecule has 1 rings (SSSR count). The topological polar surface area (TPSA) is 56.3 Å². The van der Waals surface area contributed by atoms with Crippen LogP contribution in [-0.2, 0) is 14.3 Å². The molecule has 0 fully saturated rings. The van der Waals surface area contributed by atoms with Gasteiger partial charge in [-0.15, -0.1) is 0 Å². The Labute approximate surface area is 81.2 Å². The molecule has 0 saturated carbocycles. The first-order chi connectivity index (χ1) is 6.74. The van der Waals surface area contributed by atoms with Crippen LogP contribution in [0, 0.1) is 0 Å². The monoisotopic (exact) mass is 191 g/mol. The highest BCUT2D eigenvalue weighted by Crippen LogP contribution is 2.13. The Bertz CT molecular complexity index is 357. The molecular formula is C10H9NO3. The minimum Gasteiger partial charge on any atom is -0.426 e. The molecule has 0 aliphatic heterocycles. The molecule has 0 aliphatic rings. The van der Waals surface area contributed by atoms with E-state index in [2.05, 4.69) is 4.98 Å². The summed E-state index contributed by atoms with van der Waals surface area (Å²) in [6, 6.07) is 3.39. The lowest BCUT2D eigenvalue weighted by molar-refractivity contribution is -0.134. The summed E-state index contributed by atoms with van der Waals surface area (Å²) in [5.74, 6) is -0.262. The number of pyridine rings is 1. The van der Waals surface area contributed by atoms with Gasteiger partial charge >= 0.3 is 5.97 Å². The number of hydrogen-bond acceptors (Lipinski definition) is 4. The number of carbonyl (C=O) groups is 2. The second-order valence-corrected chi connectivity index (χ2v) is 2.50. The van der Waals surface area contributed by atoms with Crippen molar-refractivity contribution >= 4 is 18.0 Å². The van der Waals surface area contributed by atoms with Gasteiger partial charge in [-0.3, -0.25) is 14.6 Å². The molecule has 0 radical (unpaired) electrons. The van der Waals surface area contributed by atoms with E-state index in [1.165, 1.54) is 19.2 Å². The van der Waals surface area contributed by atoms with Crippen molar-refractivity contribution in [3.8, 4) is 0 Å². The normalized spacial score (nSPS) is 10.8. The molecule has 0 N–H and O–H groups in total. The molecule has 1 aromatic heterocycles. The van der Waals surface area contributed by atoms with Gasteiger partial charge in [0.25, 0.3) is 0 Å². The first kappa shape index (κ1) is 10.1. The third-order valence-electron chi connectivity index (χ3n) is 1.42. The van der Waals surface area contributed by atoms with E-state index in [4.69, 9.17) is 4.74 Å². The smallest absolute Gasteiger partial charge is 0.308 e. The molecular weight excluding hydrogens is 182 g/mol. The number of carbonyl (C=O) groups excluding carboxylic acids is 2. The molecule has 0 spiro atoms. The van der Waals surface area contributed by atoms with Crippen molar-refractivity contribution in [2.45, 2.75) is 6.92 Å². The van der Waals surface area contributed by atoms with Crippen molar-refractivity contribution in [1.29, 1.82) is 0 Å². The van der Waals surface area contributed by atoms with Crippen molar-refractivity contribution in [1.82, 2.24) is 4.98 Å². The van der Waals surface area contributed by atoms with Crippen LogP contribution in [0.25, 0.3) is 5.76 Å². The van der Waals surface area contributed by atoms with E-state index >= 15 is 0 Å². The second-order valence-electron chi connectivity index (χ2n) is 2.50. The third-order valence-corrected chi connectivity index (χ3v) is 1.42. The molecule has 0 aliphatic carbocycles. The fourth-order valence-corrected chi connectivity index (χ4v) is 0.914. The molecule has 0 aromatic carbocycles. The molecule has 1 aromatic rings. The van der Waals surface area contributed by atoms with Crippen LogP contribution >= 0.6 is 0 Å². The average Bonchev–Trinajstić information content (AvgIpc) is 2.18. The van der Waals surface area contributed by atoms with Gasteiger partial charge in [-0.05, 0) is 12.1 Å². The van der Waals surface area contributed by atoms with Gasteiger partial charge in [-0.2, -0.15) is 0 Å². The van der Waals surface area contributed by atoms with Crippen LogP contribution in [0.3, 0.4) is 0 Å². The molecule has 72 valence electrons. The summed E-state index contributed by atoms with van der Waals surface area (Å²) in [7, 11) is 0. The van der Waals surface area contributed by atoms with E-state index < -0.39 is 5.97 Å². The van der Waals surface area contributed by atoms with Crippen LogP contribution in [0.4, 0.5) is 0 Å². The number of aromatic nitrogens is 1. The van der Waals surface area contributed by atoms with Gasteiger partial charge in [0, 0.05) is 31.0 Å². The van der Waals surface area contributed by atoms with Crippen molar-refractivity contribution in [2.24, 2.45) is 0 Å². The van der Waals surface area contributed by atoms with Crippen LogP contribution in [-0.4, -0.2) is 17.2 Å². The predicted octanol–water partition coefficient (Wildman–Crippen LogP) is 1.18. The van der Waals surface area contributed by atoms with Crippen LogP contribution in [0.15, 0.2) is 30.6 Å². The fourth-order valence-electron chi connectivity index (χ4n) is 0.914. The minimum absolute atomic E-state index is 0.209. The molecule has 14 heavy (non-hydrogen) atoms. The number of ether oxygens (including phenoxy) is 1. The second kappa shape index (κ2) is 4.91. The number of rotatable bonds is 3. The average molecular weight is 191 g/mol. The lowest BCUT2D eigenvalue weighted by atomic mass is 10.2. The predicted molar refractivity (Wildman–Crippen MR) is 50.0 cm³/mol. The van der Waals surface area contributed by atoms with Crippen molar-refractivity contribution < 1.29 is 14.3 Å². The van der Waals surface area contributed by atoms with Gasteiger partial charge in [-0.25, -0.2) is 0 Å². The molecule has 0 saturated heterocycles. The Kier molecular flexibility index (Phi) is 3.55. The summed E-state index contributed by atoms with van der Waals surface area (Å²) >= 11 is 0. The van der Waals surface area contributed by atoms with Crippen molar-refractivity contribution in [3.05, 3.63) is 36.2 Å². The van der Waals surface area contributed by atoms with Gasteiger partial charge in [0.15, 0.2) is 0 Å². The summed E-state index contributed by atoms with van der Waals surface area (Å²) in [6.45, 7) is 1.27. The van der Waals surface area contributed by atoms with Crippen LogP contribution in [0.1, 0.15) is 12.5 Å². The quantitative estimate of drug-likeness (QED) is 0.311. The van der Waals surface area contributed by atoms with Gasteiger partial charge in [0.1, 0.15) is 12.0 Å². The Hall–Kier alpha value is -1.97. The maximum atomic E-state index is 10.7. The molecule has 4 heteroatoms.